The number of carbonyl (C=O) groups excluding carboxylic acids is 1. The van der Waals surface area contributed by atoms with Gasteiger partial charge < -0.3 is 0 Å². The van der Waals surface area contributed by atoms with Crippen molar-refractivity contribution in [3.8, 4) is 0 Å². The average Bonchev–Trinajstić information content (AvgIpc) is 2.39. The fraction of sp³-hybridized carbons (Fsp3) is 0.533. The highest BCUT2D eigenvalue weighted by Crippen LogP contribution is 2.41. The normalized spacial score (nSPS) is 20.4. The molecule has 0 heterocycles. The van der Waals surface area contributed by atoms with Gasteiger partial charge in [-0.2, -0.15) is 0 Å². The van der Waals surface area contributed by atoms with Gasteiger partial charge in [-0.25, -0.2) is 4.39 Å². The number of rotatable bonds is 3. The maximum absolute atomic E-state index is 12.9. The number of alkyl halides is 1. The van der Waals surface area contributed by atoms with E-state index in [4.69, 9.17) is 11.6 Å². The van der Waals surface area contributed by atoms with Crippen LogP contribution < -0.4 is 0 Å². The zero-order chi connectivity index (χ0) is 13.2. The van der Waals surface area contributed by atoms with Gasteiger partial charge in [-0.05, 0) is 30.5 Å². The molecule has 1 aliphatic carbocycles. The minimum Gasteiger partial charge on any atom is -0.297 e. The summed E-state index contributed by atoms with van der Waals surface area (Å²) in [6.45, 7) is 2.01. The molecular weight excluding hydrogens is 251 g/mol. The quantitative estimate of drug-likeness (QED) is 0.730. The number of carbonyl (C=O) groups is 1. The average molecular weight is 269 g/mol. The molecule has 0 aromatic heterocycles. The lowest BCUT2D eigenvalue weighted by Gasteiger charge is -2.33. The highest BCUT2D eigenvalue weighted by Gasteiger charge is 2.38. The van der Waals surface area contributed by atoms with Gasteiger partial charge in [0.15, 0.2) is 5.78 Å². The van der Waals surface area contributed by atoms with E-state index in [1.165, 1.54) is 18.6 Å². The Bertz CT molecular complexity index is 421. The number of Topliss-reactive ketones (excluding diaryl/α,β-unsaturated/α-hetero) is 1. The van der Waals surface area contributed by atoms with Gasteiger partial charge in [0, 0.05) is 5.41 Å². The number of hydrogen-bond donors (Lipinski definition) is 0. The first-order valence-corrected chi connectivity index (χ1v) is 6.90. The Morgan fingerprint density at radius 1 is 1.22 bits per heavy atom. The molecule has 18 heavy (non-hydrogen) atoms. The molecular formula is C15H18ClFO. The van der Waals surface area contributed by atoms with Gasteiger partial charge in [-0.3, -0.25) is 4.79 Å². The summed E-state index contributed by atoms with van der Waals surface area (Å²) in [6.07, 6.45) is 5.21. The summed E-state index contributed by atoms with van der Waals surface area (Å²) in [4.78, 5) is 12.5. The van der Waals surface area contributed by atoms with Crippen LogP contribution in [0.15, 0.2) is 24.3 Å². The lowest BCUT2D eigenvalue weighted by Crippen LogP contribution is -2.32. The molecule has 0 aliphatic heterocycles. The van der Waals surface area contributed by atoms with Crippen LogP contribution in [0.2, 0.25) is 0 Å². The Morgan fingerprint density at radius 2 is 1.78 bits per heavy atom. The fourth-order valence-corrected chi connectivity index (χ4v) is 3.08. The smallest absolute Gasteiger partial charge is 0.160 e. The summed E-state index contributed by atoms with van der Waals surface area (Å²) in [6, 6.07) is 5.89. The van der Waals surface area contributed by atoms with E-state index in [0.29, 0.717) is 5.56 Å². The van der Waals surface area contributed by atoms with Gasteiger partial charge in [0.1, 0.15) is 11.2 Å². The molecule has 1 aliphatic rings. The molecule has 1 atom stereocenters. The van der Waals surface area contributed by atoms with Crippen molar-refractivity contribution < 1.29 is 9.18 Å². The van der Waals surface area contributed by atoms with Crippen LogP contribution in [0, 0.1) is 11.2 Å². The molecule has 1 aromatic carbocycles. The van der Waals surface area contributed by atoms with Crippen LogP contribution in [-0.2, 0) is 4.79 Å². The Labute approximate surface area is 112 Å². The zero-order valence-electron chi connectivity index (χ0n) is 10.6. The summed E-state index contributed by atoms with van der Waals surface area (Å²) >= 11 is 6.26. The largest absolute Gasteiger partial charge is 0.297 e. The molecule has 0 saturated heterocycles. The van der Waals surface area contributed by atoms with E-state index in [2.05, 4.69) is 0 Å². The Balaban J connectivity index is 2.15. The predicted octanol–water partition coefficient (Wildman–Crippen LogP) is 4.65. The summed E-state index contributed by atoms with van der Waals surface area (Å²) in [5, 5.41) is -0.659. The van der Waals surface area contributed by atoms with E-state index in [9.17, 15) is 9.18 Å². The van der Waals surface area contributed by atoms with Crippen molar-refractivity contribution >= 4 is 17.4 Å². The molecule has 1 fully saturated rings. The SMILES string of the molecule is CC1(C(=O)C(Cl)c2ccc(F)cc2)CCCCC1. The summed E-state index contributed by atoms with van der Waals surface area (Å²) in [5.74, 6) is -0.227. The summed E-state index contributed by atoms with van der Waals surface area (Å²) in [7, 11) is 0. The monoisotopic (exact) mass is 268 g/mol. The summed E-state index contributed by atoms with van der Waals surface area (Å²) in [5.41, 5.74) is 0.383. The molecule has 1 saturated carbocycles. The number of hydrogen-bond acceptors (Lipinski definition) is 1. The molecule has 1 unspecified atom stereocenters. The molecule has 1 aromatic rings. The van der Waals surface area contributed by atoms with Crippen molar-refractivity contribution in [3.63, 3.8) is 0 Å². The number of halogens is 2. The number of ketones is 1. The maximum Gasteiger partial charge on any atom is 0.160 e. The fourth-order valence-electron chi connectivity index (χ4n) is 2.67. The third kappa shape index (κ3) is 2.74. The first-order valence-electron chi connectivity index (χ1n) is 6.47. The van der Waals surface area contributed by atoms with E-state index >= 15 is 0 Å². The van der Waals surface area contributed by atoms with E-state index in [0.717, 1.165) is 25.7 Å². The summed E-state index contributed by atoms with van der Waals surface area (Å²) < 4.78 is 12.9. The molecule has 0 bridgehead atoms. The molecule has 0 spiro atoms. The lowest BCUT2D eigenvalue weighted by atomic mass is 9.71. The second-order valence-corrected chi connectivity index (χ2v) is 5.84. The van der Waals surface area contributed by atoms with Crippen LogP contribution >= 0.6 is 11.6 Å². The first-order chi connectivity index (χ1) is 8.53. The molecule has 2 rings (SSSR count). The number of benzene rings is 1. The van der Waals surface area contributed by atoms with Crippen molar-refractivity contribution in [2.45, 2.75) is 44.4 Å². The minimum absolute atomic E-state index is 0.0791. The highest BCUT2D eigenvalue weighted by atomic mass is 35.5. The van der Waals surface area contributed by atoms with E-state index in [1.54, 1.807) is 12.1 Å². The van der Waals surface area contributed by atoms with Crippen molar-refractivity contribution in [2.75, 3.05) is 0 Å². The van der Waals surface area contributed by atoms with Gasteiger partial charge >= 0.3 is 0 Å². The van der Waals surface area contributed by atoms with Crippen LogP contribution in [0.4, 0.5) is 4.39 Å². The van der Waals surface area contributed by atoms with E-state index in [-0.39, 0.29) is 17.0 Å². The van der Waals surface area contributed by atoms with Crippen LogP contribution in [0.1, 0.15) is 50.0 Å². The molecule has 0 amide bonds. The molecule has 0 N–H and O–H groups in total. The van der Waals surface area contributed by atoms with Gasteiger partial charge in [-0.1, -0.05) is 38.3 Å². The third-order valence-corrected chi connectivity index (χ3v) is 4.39. The zero-order valence-corrected chi connectivity index (χ0v) is 11.3. The van der Waals surface area contributed by atoms with E-state index < -0.39 is 5.38 Å². The van der Waals surface area contributed by atoms with Crippen LogP contribution in [-0.4, -0.2) is 5.78 Å². The second-order valence-electron chi connectivity index (χ2n) is 5.40. The third-order valence-electron chi connectivity index (χ3n) is 3.94. The van der Waals surface area contributed by atoms with Crippen molar-refractivity contribution in [3.05, 3.63) is 35.6 Å². The molecule has 1 nitrogen and oxygen atoms in total. The Hall–Kier alpha value is -0.890. The van der Waals surface area contributed by atoms with Crippen molar-refractivity contribution in [2.24, 2.45) is 5.41 Å². The standard InChI is InChI=1S/C15H18ClFO/c1-15(9-3-2-4-10-15)14(18)13(16)11-5-7-12(17)8-6-11/h5-8,13H,2-4,9-10H2,1H3. The lowest BCUT2D eigenvalue weighted by molar-refractivity contribution is -0.129. The molecule has 98 valence electrons. The van der Waals surface area contributed by atoms with Gasteiger partial charge in [0.05, 0.1) is 0 Å². The minimum atomic E-state index is -0.659. The topological polar surface area (TPSA) is 17.1 Å². The first kappa shape index (κ1) is 13.5. The molecule has 3 heteroatoms. The molecule has 0 radical (unpaired) electrons. The highest BCUT2D eigenvalue weighted by molar-refractivity contribution is 6.31. The van der Waals surface area contributed by atoms with Crippen LogP contribution in [0.3, 0.4) is 0 Å². The van der Waals surface area contributed by atoms with Crippen molar-refractivity contribution in [1.29, 1.82) is 0 Å². The van der Waals surface area contributed by atoms with Gasteiger partial charge in [0.2, 0.25) is 0 Å². The van der Waals surface area contributed by atoms with E-state index in [1.807, 2.05) is 6.92 Å². The Morgan fingerprint density at radius 3 is 2.33 bits per heavy atom. The Kier molecular flexibility index (Phi) is 4.06. The predicted molar refractivity (Wildman–Crippen MR) is 71.2 cm³/mol. The maximum atomic E-state index is 12.9. The second kappa shape index (κ2) is 5.40. The van der Waals surface area contributed by atoms with Crippen LogP contribution in [0.5, 0.6) is 0 Å². The van der Waals surface area contributed by atoms with Crippen LogP contribution in [0.25, 0.3) is 0 Å². The van der Waals surface area contributed by atoms with Crippen molar-refractivity contribution in [1.82, 2.24) is 0 Å². The van der Waals surface area contributed by atoms with Gasteiger partial charge in [-0.15, -0.1) is 11.6 Å². The van der Waals surface area contributed by atoms with Gasteiger partial charge in [0.25, 0.3) is 0 Å².